The number of Topliss-reactive ketones (excluding diaryl/α,β-unsaturated/α-hetero) is 1. The predicted octanol–water partition coefficient (Wildman–Crippen LogP) is 2.30. The number of nitrogens with one attached hydrogen (secondary N) is 1. The molecule has 162 valence electrons. The molecule has 9 heteroatoms. The number of rotatable bonds is 7. The first-order valence-electron chi connectivity index (χ1n) is 10.9. The van der Waals surface area contributed by atoms with Gasteiger partial charge in [0.15, 0.2) is 5.78 Å². The van der Waals surface area contributed by atoms with Gasteiger partial charge in [-0.2, -0.15) is 5.10 Å². The van der Waals surface area contributed by atoms with Crippen LogP contribution in [0, 0.1) is 11.8 Å². The predicted molar refractivity (Wildman–Crippen MR) is 113 cm³/mol. The quantitative estimate of drug-likeness (QED) is 0.460. The molecule has 0 unspecified atom stereocenters. The minimum Gasteiger partial charge on any atom is -0.465 e. The Labute approximate surface area is 179 Å². The zero-order valence-corrected chi connectivity index (χ0v) is 17.6. The summed E-state index contributed by atoms with van der Waals surface area (Å²) in [7, 11) is 0. The SMILES string of the molecule is CCOC(=O)Cn1cc(-c2ccc3c(C(=O)C[C@H]4CN5CCC4CC5)n[nH]c3c2)nn1. The first-order chi connectivity index (χ1) is 15.1. The molecular weight excluding hydrogens is 396 g/mol. The summed E-state index contributed by atoms with van der Waals surface area (Å²) < 4.78 is 6.39. The number of carbonyl (C=O) groups excluding carboxylic acids is 2. The van der Waals surface area contributed by atoms with Crippen molar-refractivity contribution in [3.05, 3.63) is 30.1 Å². The van der Waals surface area contributed by atoms with E-state index in [9.17, 15) is 9.59 Å². The number of H-pyrrole nitrogens is 1. The van der Waals surface area contributed by atoms with Crippen molar-refractivity contribution in [2.24, 2.45) is 11.8 Å². The third-order valence-electron chi connectivity index (χ3n) is 6.50. The Morgan fingerprint density at radius 1 is 1.26 bits per heavy atom. The minimum absolute atomic E-state index is 0.0192. The van der Waals surface area contributed by atoms with E-state index >= 15 is 0 Å². The fraction of sp³-hybridized carbons (Fsp3) is 0.500. The lowest BCUT2D eigenvalue weighted by Gasteiger charge is -2.44. The van der Waals surface area contributed by atoms with Gasteiger partial charge in [-0.3, -0.25) is 14.7 Å². The molecule has 9 nitrogen and oxygen atoms in total. The molecule has 1 atom stereocenters. The summed E-state index contributed by atoms with van der Waals surface area (Å²) in [6.07, 6.45) is 4.68. The van der Waals surface area contributed by atoms with E-state index < -0.39 is 0 Å². The molecule has 6 rings (SSSR count). The fourth-order valence-corrected chi connectivity index (χ4v) is 4.89. The summed E-state index contributed by atoms with van der Waals surface area (Å²) in [5.41, 5.74) is 2.78. The van der Waals surface area contributed by atoms with Gasteiger partial charge >= 0.3 is 5.97 Å². The van der Waals surface area contributed by atoms with Gasteiger partial charge in [-0.25, -0.2) is 4.68 Å². The summed E-state index contributed by atoms with van der Waals surface area (Å²) in [5, 5.41) is 16.3. The first kappa shape index (κ1) is 19.9. The molecule has 0 saturated carbocycles. The van der Waals surface area contributed by atoms with E-state index in [2.05, 4.69) is 25.4 Å². The highest BCUT2D eigenvalue weighted by Crippen LogP contribution is 2.35. The molecular formula is C22H26N6O3. The van der Waals surface area contributed by atoms with Crippen molar-refractivity contribution in [3.63, 3.8) is 0 Å². The van der Waals surface area contributed by atoms with Crippen LogP contribution < -0.4 is 0 Å². The molecule has 3 fully saturated rings. The lowest BCUT2D eigenvalue weighted by molar-refractivity contribution is -0.144. The van der Waals surface area contributed by atoms with Gasteiger partial charge in [-0.1, -0.05) is 11.3 Å². The second-order valence-corrected chi connectivity index (χ2v) is 8.46. The fourth-order valence-electron chi connectivity index (χ4n) is 4.89. The van der Waals surface area contributed by atoms with E-state index in [1.165, 1.54) is 30.6 Å². The maximum atomic E-state index is 13.0. The highest BCUT2D eigenvalue weighted by atomic mass is 16.5. The number of aromatic amines is 1. The van der Waals surface area contributed by atoms with Crippen molar-refractivity contribution in [3.8, 4) is 11.3 Å². The maximum Gasteiger partial charge on any atom is 0.327 e. The molecule has 5 heterocycles. The van der Waals surface area contributed by atoms with Crippen LogP contribution in [-0.2, 0) is 16.1 Å². The smallest absolute Gasteiger partial charge is 0.327 e. The van der Waals surface area contributed by atoms with E-state index in [0.717, 1.165) is 23.0 Å². The number of piperidine rings is 3. The molecule has 3 saturated heterocycles. The minimum atomic E-state index is -0.353. The topological polar surface area (TPSA) is 106 Å². The largest absolute Gasteiger partial charge is 0.465 e. The van der Waals surface area contributed by atoms with E-state index in [-0.39, 0.29) is 18.3 Å². The van der Waals surface area contributed by atoms with Crippen molar-refractivity contribution >= 4 is 22.7 Å². The van der Waals surface area contributed by atoms with Crippen LogP contribution in [0.15, 0.2) is 24.4 Å². The molecule has 1 aromatic carbocycles. The monoisotopic (exact) mass is 422 g/mol. The number of benzene rings is 1. The number of carbonyl (C=O) groups is 2. The third-order valence-corrected chi connectivity index (χ3v) is 6.50. The van der Waals surface area contributed by atoms with Crippen molar-refractivity contribution < 1.29 is 14.3 Å². The number of ether oxygens (including phenoxy) is 1. The van der Waals surface area contributed by atoms with Crippen molar-refractivity contribution in [2.75, 3.05) is 26.2 Å². The molecule has 0 radical (unpaired) electrons. The number of nitrogens with zero attached hydrogens (tertiary/aromatic N) is 5. The maximum absolute atomic E-state index is 13.0. The summed E-state index contributed by atoms with van der Waals surface area (Å²) >= 11 is 0. The van der Waals surface area contributed by atoms with Gasteiger partial charge < -0.3 is 9.64 Å². The Morgan fingerprint density at radius 2 is 2.10 bits per heavy atom. The average Bonchev–Trinajstić information content (AvgIpc) is 3.41. The molecule has 2 bridgehead atoms. The molecule has 1 N–H and O–H groups in total. The molecule has 3 aliphatic heterocycles. The Hall–Kier alpha value is -3.07. The Balaban J connectivity index is 1.31. The molecule has 2 aromatic heterocycles. The molecule has 0 spiro atoms. The van der Waals surface area contributed by atoms with Crippen LogP contribution in [0.2, 0.25) is 0 Å². The van der Waals surface area contributed by atoms with Crippen LogP contribution in [0.3, 0.4) is 0 Å². The third kappa shape index (κ3) is 3.97. The van der Waals surface area contributed by atoms with Crippen LogP contribution in [0.4, 0.5) is 0 Å². The Bertz CT molecular complexity index is 1110. The van der Waals surface area contributed by atoms with Gasteiger partial charge in [0.2, 0.25) is 0 Å². The molecule has 31 heavy (non-hydrogen) atoms. The van der Waals surface area contributed by atoms with E-state index in [1.807, 2.05) is 18.2 Å². The number of hydrogen-bond donors (Lipinski definition) is 1. The van der Waals surface area contributed by atoms with Crippen molar-refractivity contribution in [2.45, 2.75) is 32.7 Å². The highest BCUT2D eigenvalue weighted by Gasteiger charge is 2.35. The van der Waals surface area contributed by atoms with Gasteiger partial charge in [0.25, 0.3) is 0 Å². The molecule has 0 amide bonds. The van der Waals surface area contributed by atoms with Gasteiger partial charge in [0.1, 0.15) is 17.9 Å². The average molecular weight is 422 g/mol. The van der Waals surface area contributed by atoms with E-state index in [4.69, 9.17) is 4.74 Å². The molecule has 3 aromatic rings. The normalized spacial score (nSPS) is 22.7. The number of aromatic nitrogens is 5. The van der Waals surface area contributed by atoms with Gasteiger partial charge in [0, 0.05) is 23.9 Å². The van der Waals surface area contributed by atoms with Gasteiger partial charge in [-0.15, -0.1) is 5.10 Å². The van der Waals surface area contributed by atoms with Gasteiger partial charge in [-0.05, 0) is 56.8 Å². The first-order valence-corrected chi connectivity index (χ1v) is 10.9. The number of hydrogen-bond acceptors (Lipinski definition) is 7. The summed E-state index contributed by atoms with van der Waals surface area (Å²) in [4.78, 5) is 27.1. The zero-order chi connectivity index (χ0) is 21.4. The Kier molecular flexibility index (Phi) is 5.27. The summed E-state index contributed by atoms with van der Waals surface area (Å²) in [6, 6.07) is 5.72. The van der Waals surface area contributed by atoms with E-state index in [0.29, 0.717) is 36.3 Å². The van der Waals surface area contributed by atoms with Crippen molar-refractivity contribution in [1.29, 1.82) is 0 Å². The van der Waals surface area contributed by atoms with Crippen LogP contribution in [0.1, 0.15) is 36.7 Å². The van der Waals surface area contributed by atoms with Crippen LogP contribution in [-0.4, -0.2) is 68.1 Å². The number of fused-ring (bicyclic) bond motifs is 4. The lowest BCUT2D eigenvalue weighted by Crippen LogP contribution is -2.47. The van der Waals surface area contributed by atoms with Crippen LogP contribution >= 0.6 is 0 Å². The highest BCUT2D eigenvalue weighted by molar-refractivity contribution is 6.06. The van der Waals surface area contributed by atoms with Crippen LogP contribution in [0.5, 0.6) is 0 Å². The number of esters is 1. The van der Waals surface area contributed by atoms with Crippen molar-refractivity contribution in [1.82, 2.24) is 30.1 Å². The molecule has 3 aliphatic rings. The lowest BCUT2D eigenvalue weighted by atomic mass is 9.76. The summed E-state index contributed by atoms with van der Waals surface area (Å²) in [6.45, 7) is 5.50. The second-order valence-electron chi connectivity index (χ2n) is 8.46. The van der Waals surface area contributed by atoms with Gasteiger partial charge in [0.05, 0.1) is 18.3 Å². The summed E-state index contributed by atoms with van der Waals surface area (Å²) in [5.74, 6) is 0.866. The second kappa shape index (κ2) is 8.22. The van der Waals surface area contributed by atoms with Crippen LogP contribution in [0.25, 0.3) is 22.2 Å². The number of ketones is 1. The standard InChI is InChI=1S/C22H26N6O3/c1-2-31-21(30)13-28-12-19(24-26-28)15-3-4-17-18(9-15)23-25-22(17)20(29)10-16-11-27-7-5-14(16)6-8-27/h3-4,9,12,14,16H,2,5-8,10-11,13H2,1H3,(H,23,25)/t16-/m0/s1. The van der Waals surface area contributed by atoms with E-state index in [1.54, 1.807) is 13.1 Å². The molecule has 0 aliphatic carbocycles. The zero-order valence-electron chi connectivity index (χ0n) is 17.6. The Morgan fingerprint density at radius 3 is 2.84 bits per heavy atom.